The fourth-order valence-electron chi connectivity index (χ4n) is 2.13. The Bertz CT molecular complexity index is 357. The second-order valence-corrected chi connectivity index (χ2v) is 4.75. The predicted molar refractivity (Wildman–Crippen MR) is 68.4 cm³/mol. The van der Waals surface area contributed by atoms with Gasteiger partial charge in [-0.1, -0.05) is 6.92 Å². The molecule has 2 rings (SSSR count). The number of alkyl halides is 1. The van der Waals surface area contributed by atoms with E-state index in [1.165, 1.54) is 0 Å². The molecule has 1 fully saturated rings. The Morgan fingerprint density at radius 1 is 1.47 bits per heavy atom. The van der Waals surface area contributed by atoms with E-state index < -0.39 is 0 Å². The summed E-state index contributed by atoms with van der Waals surface area (Å²) in [5.41, 5.74) is 0.809. The molecule has 0 aromatic carbocycles. The monoisotopic (exact) mass is 255 g/mol. The van der Waals surface area contributed by atoms with Crippen molar-refractivity contribution < 1.29 is 4.74 Å². The number of methoxy groups -OCH3 is 1. The van der Waals surface area contributed by atoms with Gasteiger partial charge in [-0.05, 0) is 12.3 Å². The molecule has 1 aromatic rings. The average Bonchev–Trinajstić information content (AvgIpc) is 2.39. The number of halogens is 1. The van der Waals surface area contributed by atoms with Crippen LogP contribution >= 0.6 is 11.6 Å². The van der Waals surface area contributed by atoms with Gasteiger partial charge < -0.3 is 9.64 Å². The van der Waals surface area contributed by atoms with Crippen LogP contribution in [0.4, 0.5) is 5.82 Å². The van der Waals surface area contributed by atoms with Crippen molar-refractivity contribution >= 4 is 17.4 Å². The van der Waals surface area contributed by atoms with Gasteiger partial charge in [0.1, 0.15) is 5.82 Å². The zero-order chi connectivity index (χ0) is 12.3. The van der Waals surface area contributed by atoms with E-state index in [9.17, 15) is 0 Å². The zero-order valence-corrected chi connectivity index (χ0v) is 11.0. The summed E-state index contributed by atoms with van der Waals surface area (Å²) in [6, 6.07) is 0. The highest BCUT2D eigenvalue weighted by atomic mass is 35.5. The lowest BCUT2D eigenvalue weighted by Crippen LogP contribution is -2.44. The van der Waals surface area contributed by atoms with E-state index in [1.807, 2.05) is 0 Å². The molecule has 0 N–H and O–H groups in total. The Balaban J connectivity index is 2.06. The topological polar surface area (TPSA) is 38.2 Å². The van der Waals surface area contributed by atoms with E-state index >= 15 is 0 Å². The van der Waals surface area contributed by atoms with Crippen molar-refractivity contribution in [3.05, 3.63) is 18.1 Å². The maximum atomic E-state index is 5.69. The van der Waals surface area contributed by atoms with Crippen molar-refractivity contribution in [2.75, 3.05) is 25.1 Å². The predicted octanol–water partition coefficient (Wildman–Crippen LogP) is 2.08. The molecule has 2 heterocycles. The van der Waals surface area contributed by atoms with Crippen LogP contribution < -0.4 is 4.90 Å². The Morgan fingerprint density at radius 2 is 2.29 bits per heavy atom. The van der Waals surface area contributed by atoms with E-state index in [0.717, 1.165) is 31.0 Å². The number of hydrogen-bond acceptors (Lipinski definition) is 4. The lowest BCUT2D eigenvalue weighted by atomic mass is 9.96. The molecule has 4 nitrogen and oxygen atoms in total. The molecule has 2 unspecified atom stereocenters. The van der Waals surface area contributed by atoms with Crippen molar-refractivity contribution in [1.82, 2.24) is 9.97 Å². The van der Waals surface area contributed by atoms with E-state index in [4.69, 9.17) is 16.3 Å². The summed E-state index contributed by atoms with van der Waals surface area (Å²) in [5.74, 6) is 1.92. The summed E-state index contributed by atoms with van der Waals surface area (Å²) in [6.45, 7) is 4.12. The minimum Gasteiger partial charge on any atom is -0.379 e. The Kier molecular flexibility index (Phi) is 4.18. The quantitative estimate of drug-likeness (QED) is 0.775. The first-order valence-electron chi connectivity index (χ1n) is 5.89. The third-order valence-corrected chi connectivity index (χ3v) is 3.62. The van der Waals surface area contributed by atoms with E-state index in [2.05, 4.69) is 21.8 Å². The van der Waals surface area contributed by atoms with Gasteiger partial charge in [0, 0.05) is 20.2 Å². The number of ether oxygens (including phenoxy) is 1. The number of nitrogens with zero attached hydrogens (tertiary/aromatic N) is 3. The van der Waals surface area contributed by atoms with Gasteiger partial charge in [-0.25, -0.2) is 4.98 Å². The number of piperidine rings is 1. The minimum absolute atomic E-state index is 0.276. The molecule has 2 atom stereocenters. The van der Waals surface area contributed by atoms with Crippen LogP contribution in [0.2, 0.25) is 0 Å². The molecule has 0 radical (unpaired) electrons. The highest BCUT2D eigenvalue weighted by Gasteiger charge is 2.26. The van der Waals surface area contributed by atoms with Crippen molar-refractivity contribution in [1.29, 1.82) is 0 Å². The molecule has 0 saturated carbocycles. The molecule has 5 heteroatoms. The largest absolute Gasteiger partial charge is 0.379 e. The van der Waals surface area contributed by atoms with Crippen molar-refractivity contribution in [2.45, 2.75) is 25.3 Å². The van der Waals surface area contributed by atoms with Crippen LogP contribution in [0.15, 0.2) is 12.4 Å². The fraction of sp³-hybridized carbons (Fsp3) is 0.667. The molecule has 0 amide bonds. The SMILES string of the molecule is COC1CN(c2cnc(CCl)cn2)CCC1C. The standard InChI is InChI=1S/C12H18ClN3O/c1-9-3-4-16(8-11(9)17-2)12-7-14-10(5-13)6-15-12/h6-7,9,11H,3-5,8H2,1-2H3. The molecule has 0 bridgehead atoms. The molecule has 17 heavy (non-hydrogen) atoms. The van der Waals surface area contributed by atoms with Crippen LogP contribution in [0, 0.1) is 5.92 Å². The molecule has 1 aromatic heterocycles. The second-order valence-electron chi connectivity index (χ2n) is 4.49. The van der Waals surface area contributed by atoms with Crippen molar-refractivity contribution in [3.8, 4) is 0 Å². The third kappa shape index (κ3) is 2.87. The number of rotatable bonds is 3. The maximum absolute atomic E-state index is 5.69. The molecule has 94 valence electrons. The van der Waals surface area contributed by atoms with Gasteiger partial charge in [0.05, 0.1) is 30.1 Å². The molecule has 1 aliphatic rings. The summed E-state index contributed by atoms with van der Waals surface area (Å²) in [4.78, 5) is 10.9. The average molecular weight is 256 g/mol. The first kappa shape index (κ1) is 12.6. The molecule has 1 saturated heterocycles. The van der Waals surface area contributed by atoms with Gasteiger partial charge >= 0.3 is 0 Å². The Labute approximate surface area is 107 Å². The molecule has 1 aliphatic heterocycles. The normalized spacial score (nSPS) is 25.0. The van der Waals surface area contributed by atoms with Gasteiger partial charge in [-0.15, -0.1) is 11.6 Å². The van der Waals surface area contributed by atoms with Gasteiger partial charge in [0.25, 0.3) is 0 Å². The maximum Gasteiger partial charge on any atom is 0.147 e. The van der Waals surface area contributed by atoms with Crippen LogP contribution in [-0.2, 0) is 10.6 Å². The van der Waals surface area contributed by atoms with Gasteiger partial charge in [0.15, 0.2) is 0 Å². The number of aromatic nitrogens is 2. The Hall–Kier alpha value is -0.870. The summed E-state index contributed by atoms with van der Waals surface area (Å²) in [5, 5.41) is 0. The first-order valence-corrected chi connectivity index (χ1v) is 6.42. The van der Waals surface area contributed by atoms with E-state index in [1.54, 1.807) is 19.5 Å². The van der Waals surface area contributed by atoms with E-state index in [0.29, 0.717) is 11.8 Å². The van der Waals surface area contributed by atoms with Crippen LogP contribution in [0.5, 0.6) is 0 Å². The third-order valence-electron chi connectivity index (χ3n) is 3.34. The second kappa shape index (κ2) is 5.65. The van der Waals surface area contributed by atoms with E-state index in [-0.39, 0.29) is 6.10 Å². The highest BCUT2D eigenvalue weighted by Crippen LogP contribution is 2.23. The van der Waals surface area contributed by atoms with Crippen molar-refractivity contribution in [3.63, 3.8) is 0 Å². The lowest BCUT2D eigenvalue weighted by Gasteiger charge is -2.36. The highest BCUT2D eigenvalue weighted by molar-refractivity contribution is 6.16. The first-order chi connectivity index (χ1) is 8.24. The van der Waals surface area contributed by atoms with Crippen LogP contribution in [0.3, 0.4) is 0 Å². The smallest absolute Gasteiger partial charge is 0.147 e. The minimum atomic E-state index is 0.276. The van der Waals surface area contributed by atoms with Crippen molar-refractivity contribution in [2.24, 2.45) is 5.92 Å². The summed E-state index contributed by atoms with van der Waals surface area (Å²) < 4.78 is 5.49. The van der Waals surface area contributed by atoms with Crippen LogP contribution in [-0.4, -0.2) is 36.3 Å². The fourth-order valence-corrected chi connectivity index (χ4v) is 2.27. The number of hydrogen-bond donors (Lipinski definition) is 0. The Morgan fingerprint density at radius 3 is 2.88 bits per heavy atom. The summed E-state index contributed by atoms with van der Waals surface area (Å²) >= 11 is 5.69. The summed E-state index contributed by atoms with van der Waals surface area (Å²) in [6.07, 6.45) is 4.93. The van der Waals surface area contributed by atoms with Gasteiger partial charge in [-0.2, -0.15) is 0 Å². The summed E-state index contributed by atoms with van der Waals surface area (Å²) in [7, 11) is 1.77. The van der Waals surface area contributed by atoms with Crippen LogP contribution in [0.1, 0.15) is 19.0 Å². The van der Waals surface area contributed by atoms with Gasteiger partial charge in [-0.3, -0.25) is 4.98 Å². The van der Waals surface area contributed by atoms with Gasteiger partial charge in [0.2, 0.25) is 0 Å². The number of anilines is 1. The zero-order valence-electron chi connectivity index (χ0n) is 10.3. The lowest BCUT2D eigenvalue weighted by molar-refractivity contribution is 0.0496. The molecule has 0 aliphatic carbocycles. The molecular formula is C12H18ClN3O. The van der Waals surface area contributed by atoms with Crippen LogP contribution in [0.25, 0.3) is 0 Å². The molecule has 0 spiro atoms. The molecular weight excluding hydrogens is 238 g/mol.